The molecule has 4 aliphatic rings. The summed E-state index contributed by atoms with van der Waals surface area (Å²) < 4.78 is 34.3. The molecule has 0 unspecified atom stereocenters. The minimum atomic E-state index is -1.43. The van der Waals surface area contributed by atoms with Crippen molar-refractivity contribution in [3.63, 3.8) is 0 Å². The molecule has 0 radical (unpaired) electrons. The lowest BCUT2D eigenvalue weighted by Gasteiger charge is -2.60. The number of rotatable bonds is 18. The standard InChI is InChI=1S/C45H60FN3O8/c1-6-24-54-45-39(49(42(52)30-16-17-30)28-29-14-18-32(46)19-15-29)27-37(48-57-44(3,4)5)35-25-31(12-8-10-22-50)34(13-9-11-23-51)40(41(35)45)36-26-33(20-21-38(36)56-45)55-43(53)47-7-2/h6,14-15,18-21,25-26,30-31,34,39-41,50-51H,1,7-13,16-17,22-24,27-28H2,2-5H3,(H,47,53)/t31-,34+,39-,40+,41+,45+/m0/s1. The highest BCUT2D eigenvalue weighted by molar-refractivity contribution is 6.03. The zero-order valence-corrected chi connectivity index (χ0v) is 33.9. The second kappa shape index (κ2) is 18.6. The first-order valence-corrected chi connectivity index (χ1v) is 20.7. The topological polar surface area (TPSA) is 139 Å². The summed E-state index contributed by atoms with van der Waals surface area (Å²) >= 11 is 0. The van der Waals surface area contributed by atoms with Crippen molar-refractivity contribution in [3.8, 4) is 11.5 Å². The van der Waals surface area contributed by atoms with Gasteiger partial charge in [0.25, 0.3) is 0 Å². The summed E-state index contributed by atoms with van der Waals surface area (Å²) in [7, 11) is 0. The third-order valence-corrected chi connectivity index (χ3v) is 11.5. The van der Waals surface area contributed by atoms with E-state index in [0.717, 1.165) is 55.2 Å². The van der Waals surface area contributed by atoms with Crippen molar-refractivity contribution in [2.24, 2.45) is 28.8 Å². The predicted octanol–water partition coefficient (Wildman–Crippen LogP) is 7.80. The molecule has 12 heteroatoms. The van der Waals surface area contributed by atoms with Crippen molar-refractivity contribution in [1.82, 2.24) is 10.2 Å². The lowest BCUT2D eigenvalue weighted by Crippen LogP contribution is -2.70. The zero-order valence-electron chi connectivity index (χ0n) is 33.9. The van der Waals surface area contributed by atoms with Crippen LogP contribution in [-0.4, -0.2) is 76.6 Å². The fourth-order valence-electron chi connectivity index (χ4n) is 8.88. The predicted molar refractivity (Wildman–Crippen MR) is 215 cm³/mol. The first-order chi connectivity index (χ1) is 27.4. The quantitative estimate of drug-likeness (QED) is 0.0791. The summed E-state index contributed by atoms with van der Waals surface area (Å²) in [5.41, 5.74) is 2.61. The van der Waals surface area contributed by atoms with Gasteiger partial charge in [0.05, 0.1) is 18.2 Å². The number of carbonyl (C=O) groups excluding carboxylic acids is 2. The van der Waals surface area contributed by atoms with Crippen LogP contribution in [0, 0.1) is 29.5 Å². The molecule has 0 spiro atoms. The van der Waals surface area contributed by atoms with Crippen LogP contribution in [0.5, 0.6) is 11.5 Å². The van der Waals surface area contributed by atoms with Crippen molar-refractivity contribution in [2.45, 2.75) is 115 Å². The molecule has 0 bridgehead atoms. The number of hydrogen-bond donors (Lipinski definition) is 3. The van der Waals surface area contributed by atoms with Crippen molar-refractivity contribution in [3.05, 3.63) is 83.7 Å². The van der Waals surface area contributed by atoms with Gasteiger partial charge in [-0.25, -0.2) is 9.18 Å². The molecule has 6 rings (SSSR count). The van der Waals surface area contributed by atoms with Gasteiger partial charge in [-0.05, 0) is 120 Å². The van der Waals surface area contributed by atoms with Gasteiger partial charge in [0.2, 0.25) is 11.7 Å². The highest BCUT2D eigenvalue weighted by Crippen LogP contribution is 2.62. The largest absolute Gasteiger partial charge is 0.459 e. The number of ether oxygens (including phenoxy) is 3. The van der Waals surface area contributed by atoms with E-state index in [2.05, 4.69) is 18.0 Å². The van der Waals surface area contributed by atoms with E-state index in [0.29, 0.717) is 36.6 Å². The first-order valence-electron chi connectivity index (χ1n) is 20.7. The summed E-state index contributed by atoms with van der Waals surface area (Å²) in [5.74, 6) is -1.79. The molecule has 3 N–H and O–H groups in total. The lowest BCUT2D eigenvalue weighted by atomic mass is 9.55. The van der Waals surface area contributed by atoms with Gasteiger partial charge in [0, 0.05) is 50.1 Å². The highest BCUT2D eigenvalue weighted by Gasteiger charge is 2.66. The lowest BCUT2D eigenvalue weighted by molar-refractivity contribution is -0.258. The number of hydrogen-bond acceptors (Lipinski definition) is 9. The van der Waals surface area contributed by atoms with Crippen LogP contribution in [0.2, 0.25) is 0 Å². The number of nitrogens with zero attached hydrogens (tertiary/aromatic N) is 2. The SMILES string of the molecule is C=CCO[C@@]12Oc3ccc(OC(=O)NCC)cc3[C@H]3[C@H](CCCCO)[C@@H](CCCCO)C=C(C(=NOC(C)(C)C)C[C@@H]1N(Cc1ccc(F)cc1)C(=O)C1CC1)[C@H]32. The van der Waals surface area contributed by atoms with E-state index < -0.39 is 29.4 Å². The molecule has 310 valence electrons. The van der Waals surface area contributed by atoms with Gasteiger partial charge in [-0.15, -0.1) is 6.58 Å². The smallest absolute Gasteiger partial charge is 0.412 e. The number of aliphatic hydroxyl groups is 2. The van der Waals surface area contributed by atoms with Crippen molar-refractivity contribution < 1.29 is 43.2 Å². The van der Waals surface area contributed by atoms with E-state index in [1.807, 2.05) is 44.7 Å². The summed E-state index contributed by atoms with van der Waals surface area (Å²) in [6, 6.07) is 10.9. The Labute approximate surface area is 336 Å². The number of nitrogens with one attached hydrogen (secondary N) is 1. The van der Waals surface area contributed by atoms with E-state index in [1.54, 1.807) is 24.3 Å². The molecule has 2 fully saturated rings. The molecule has 2 saturated carbocycles. The number of allylic oxidation sites excluding steroid dienone is 1. The van der Waals surface area contributed by atoms with Crippen LogP contribution in [0.15, 0.2) is 71.9 Å². The van der Waals surface area contributed by atoms with E-state index in [4.69, 9.17) is 24.2 Å². The van der Waals surface area contributed by atoms with Crippen LogP contribution in [0.25, 0.3) is 0 Å². The minimum Gasteiger partial charge on any atom is -0.459 e. The second-order valence-electron chi connectivity index (χ2n) is 16.8. The van der Waals surface area contributed by atoms with E-state index in [-0.39, 0.29) is 68.2 Å². The van der Waals surface area contributed by atoms with Crippen LogP contribution >= 0.6 is 0 Å². The van der Waals surface area contributed by atoms with Gasteiger partial charge in [-0.2, -0.15) is 0 Å². The van der Waals surface area contributed by atoms with Crippen LogP contribution in [-0.2, 0) is 20.9 Å². The molecule has 0 aromatic heterocycles. The Kier molecular flexibility index (Phi) is 13.8. The number of benzene rings is 2. The number of amides is 2. The normalized spacial score (nSPS) is 25.7. The summed E-state index contributed by atoms with van der Waals surface area (Å²) in [4.78, 5) is 35.4. The Bertz CT molecular complexity index is 1790. The molecular weight excluding hydrogens is 730 g/mol. The Hall–Kier alpha value is -4.26. The van der Waals surface area contributed by atoms with Crippen LogP contribution in [0.1, 0.15) is 103 Å². The Morgan fingerprint density at radius 2 is 1.79 bits per heavy atom. The minimum absolute atomic E-state index is 0.00582. The second-order valence-corrected chi connectivity index (χ2v) is 16.8. The number of aliphatic hydroxyl groups excluding tert-OH is 2. The Morgan fingerprint density at radius 3 is 2.44 bits per heavy atom. The maximum Gasteiger partial charge on any atom is 0.412 e. The maximum absolute atomic E-state index is 14.7. The molecule has 2 aromatic rings. The number of unbranched alkanes of at least 4 members (excludes halogenated alkanes) is 2. The third kappa shape index (κ3) is 9.72. The van der Waals surface area contributed by atoms with Crippen LogP contribution in [0.4, 0.5) is 9.18 Å². The molecule has 2 amide bonds. The average Bonchev–Trinajstić information content (AvgIpc) is 4.03. The van der Waals surface area contributed by atoms with Gasteiger partial charge in [-0.1, -0.05) is 42.3 Å². The molecule has 57 heavy (non-hydrogen) atoms. The molecule has 0 saturated heterocycles. The van der Waals surface area contributed by atoms with Gasteiger partial charge in [0.15, 0.2) is 0 Å². The zero-order chi connectivity index (χ0) is 40.7. The summed E-state index contributed by atoms with van der Waals surface area (Å²) in [6.45, 7) is 12.5. The number of fused-ring (bicyclic) bond motifs is 2. The average molecular weight is 790 g/mol. The number of oxime groups is 1. The van der Waals surface area contributed by atoms with Gasteiger partial charge in [0.1, 0.15) is 29.0 Å². The number of carbonyl (C=O) groups is 2. The van der Waals surface area contributed by atoms with Crippen molar-refractivity contribution in [2.75, 3.05) is 26.4 Å². The fourth-order valence-corrected chi connectivity index (χ4v) is 8.88. The Morgan fingerprint density at radius 1 is 1.07 bits per heavy atom. The summed E-state index contributed by atoms with van der Waals surface area (Å²) in [6.07, 6.45) is 9.66. The number of halogens is 1. The van der Waals surface area contributed by atoms with E-state index >= 15 is 0 Å². The first kappa shape index (κ1) is 42.3. The van der Waals surface area contributed by atoms with E-state index in [9.17, 15) is 24.2 Å². The van der Waals surface area contributed by atoms with Crippen molar-refractivity contribution in [1.29, 1.82) is 0 Å². The fraction of sp³-hybridized carbons (Fsp3) is 0.578. The molecular formula is C45H60FN3O8. The summed E-state index contributed by atoms with van der Waals surface area (Å²) in [5, 5.41) is 27.3. The Balaban J connectivity index is 1.61. The molecule has 11 nitrogen and oxygen atoms in total. The third-order valence-electron chi connectivity index (χ3n) is 11.5. The van der Waals surface area contributed by atoms with Gasteiger partial charge < -0.3 is 39.5 Å². The molecule has 3 aliphatic carbocycles. The highest BCUT2D eigenvalue weighted by atomic mass is 19.1. The van der Waals surface area contributed by atoms with Gasteiger partial charge >= 0.3 is 6.09 Å². The van der Waals surface area contributed by atoms with Crippen LogP contribution < -0.4 is 14.8 Å². The maximum atomic E-state index is 14.7. The van der Waals surface area contributed by atoms with Gasteiger partial charge in [-0.3, -0.25) is 4.79 Å². The van der Waals surface area contributed by atoms with E-state index in [1.165, 1.54) is 12.1 Å². The molecule has 2 aromatic carbocycles. The van der Waals surface area contributed by atoms with Crippen LogP contribution in [0.3, 0.4) is 0 Å². The molecule has 1 aliphatic heterocycles. The molecule has 6 atom stereocenters. The molecule has 1 heterocycles. The monoisotopic (exact) mass is 789 g/mol. The van der Waals surface area contributed by atoms with Crippen molar-refractivity contribution >= 4 is 17.7 Å².